The Morgan fingerprint density at radius 2 is 1.79 bits per heavy atom. The normalized spacial score (nSPS) is 11.0. The summed E-state index contributed by atoms with van der Waals surface area (Å²) in [5, 5.41) is 0.943. The van der Waals surface area contributed by atoms with Gasteiger partial charge in [0.25, 0.3) is 5.56 Å². The Labute approximate surface area is 166 Å². The third-order valence-corrected chi connectivity index (χ3v) is 4.98. The lowest BCUT2D eigenvalue weighted by Gasteiger charge is -2.10. The van der Waals surface area contributed by atoms with Gasteiger partial charge in [0.15, 0.2) is 11.2 Å². The van der Waals surface area contributed by atoms with E-state index in [2.05, 4.69) is 26.8 Å². The molecular formula is C21H20N6O2. The lowest BCUT2D eigenvalue weighted by atomic mass is 10.2. The SMILES string of the molecule is CC#CCn1c(C)nc2c1c(=O)n(Cc1nc(C)c3ccccc3n1)c(=O)n2C. The van der Waals surface area contributed by atoms with Crippen LogP contribution in [0.15, 0.2) is 33.9 Å². The molecule has 0 aliphatic carbocycles. The van der Waals surface area contributed by atoms with Crippen LogP contribution in [0.2, 0.25) is 0 Å². The van der Waals surface area contributed by atoms with Gasteiger partial charge in [0.1, 0.15) is 11.6 Å². The summed E-state index contributed by atoms with van der Waals surface area (Å²) in [6.45, 7) is 5.73. The van der Waals surface area contributed by atoms with Crippen LogP contribution in [0.3, 0.4) is 0 Å². The van der Waals surface area contributed by atoms with Crippen LogP contribution < -0.4 is 11.2 Å². The van der Waals surface area contributed by atoms with Gasteiger partial charge in [0.05, 0.1) is 18.6 Å². The van der Waals surface area contributed by atoms with Gasteiger partial charge in [-0.3, -0.25) is 13.9 Å². The lowest BCUT2D eigenvalue weighted by molar-refractivity contribution is 0.633. The average Bonchev–Trinajstić information content (AvgIpc) is 3.04. The third kappa shape index (κ3) is 3.01. The number of benzene rings is 1. The number of fused-ring (bicyclic) bond motifs is 2. The number of nitrogens with zero attached hydrogens (tertiary/aromatic N) is 6. The molecule has 146 valence electrons. The highest BCUT2D eigenvalue weighted by atomic mass is 16.2. The first kappa shape index (κ1) is 18.6. The molecule has 0 atom stereocenters. The van der Waals surface area contributed by atoms with Crippen molar-refractivity contribution >= 4 is 22.1 Å². The Hall–Kier alpha value is -3.73. The van der Waals surface area contributed by atoms with Crippen LogP contribution in [0.4, 0.5) is 0 Å². The first-order chi connectivity index (χ1) is 13.9. The van der Waals surface area contributed by atoms with Gasteiger partial charge in [-0.05, 0) is 26.8 Å². The fourth-order valence-electron chi connectivity index (χ4n) is 3.48. The van der Waals surface area contributed by atoms with Crippen molar-refractivity contribution in [1.82, 2.24) is 28.7 Å². The van der Waals surface area contributed by atoms with Crippen LogP contribution in [0, 0.1) is 25.7 Å². The molecule has 3 heterocycles. The Kier molecular flexibility index (Phi) is 4.51. The van der Waals surface area contributed by atoms with Crippen molar-refractivity contribution in [3.05, 3.63) is 62.4 Å². The van der Waals surface area contributed by atoms with E-state index in [4.69, 9.17) is 0 Å². The van der Waals surface area contributed by atoms with E-state index in [0.717, 1.165) is 21.2 Å². The molecule has 0 amide bonds. The predicted molar refractivity (Wildman–Crippen MR) is 111 cm³/mol. The van der Waals surface area contributed by atoms with Crippen molar-refractivity contribution in [2.75, 3.05) is 0 Å². The summed E-state index contributed by atoms with van der Waals surface area (Å²) >= 11 is 0. The largest absolute Gasteiger partial charge is 0.332 e. The molecule has 0 spiro atoms. The molecule has 0 N–H and O–H groups in total. The third-order valence-electron chi connectivity index (χ3n) is 4.98. The van der Waals surface area contributed by atoms with Gasteiger partial charge in [-0.25, -0.2) is 19.7 Å². The number of hydrogen-bond donors (Lipinski definition) is 0. The highest BCUT2D eigenvalue weighted by Gasteiger charge is 2.19. The number of aromatic nitrogens is 6. The number of aryl methyl sites for hydroxylation is 3. The van der Waals surface area contributed by atoms with Gasteiger partial charge < -0.3 is 4.57 Å². The molecule has 0 radical (unpaired) electrons. The quantitative estimate of drug-likeness (QED) is 0.497. The van der Waals surface area contributed by atoms with E-state index in [0.29, 0.717) is 29.4 Å². The summed E-state index contributed by atoms with van der Waals surface area (Å²) in [7, 11) is 1.61. The monoisotopic (exact) mass is 388 g/mol. The van der Waals surface area contributed by atoms with Crippen LogP contribution >= 0.6 is 0 Å². The number of imidazole rings is 1. The van der Waals surface area contributed by atoms with E-state index in [-0.39, 0.29) is 6.54 Å². The molecule has 0 bridgehead atoms. The highest BCUT2D eigenvalue weighted by molar-refractivity contribution is 5.80. The van der Waals surface area contributed by atoms with Crippen molar-refractivity contribution in [2.45, 2.75) is 33.9 Å². The van der Waals surface area contributed by atoms with Crippen molar-refractivity contribution in [3.63, 3.8) is 0 Å². The van der Waals surface area contributed by atoms with Crippen LogP contribution in [0.5, 0.6) is 0 Å². The van der Waals surface area contributed by atoms with Gasteiger partial charge in [-0.15, -0.1) is 5.92 Å². The van der Waals surface area contributed by atoms with Crippen LogP contribution in [-0.2, 0) is 20.1 Å². The Morgan fingerprint density at radius 1 is 1.03 bits per heavy atom. The van der Waals surface area contributed by atoms with Gasteiger partial charge in [0, 0.05) is 18.1 Å². The maximum absolute atomic E-state index is 13.2. The van der Waals surface area contributed by atoms with Crippen LogP contribution in [0.25, 0.3) is 22.1 Å². The van der Waals surface area contributed by atoms with Crippen LogP contribution in [-0.4, -0.2) is 28.7 Å². The van der Waals surface area contributed by atoms with Gasteiger partial charge in [-0.2, -0.15) is 0 Å². The van der Waals surface area contributed by atoms with E-state index < -0.39 is 11.2 Å². The molecular weight excluding hydrogens is 368 g/mol. The molecule has 8 heteroatoms. The molecule has 0 fully saturated rings. The molecule has 0 saturated carbocycles. The zero-order valence-corrected chi connectivity index (χ0v) is 16.7. The zero-order chi connectivity index (χ0) is 20.7. The van der Waals surface area contributed by atoms with Crippen molar-refractivity contribution in [2.24, 2.45) is 7.05 Å². The summed E-state index contributed by atoms with van der Waals surface area (Å²) in [4.78, 5) is 39.6. The zero-order valence-electron chi connectivity index (χ0n) is 16.7. The lowest BCUT2D eigenvalue weighted by Crippen LogP contribution is -2.40. The Morgan fingerprint density at radius 3 is 2.55 bits per heavy atom. The predicted octanol–water partition coefficient (Wildman–Crippen LogP) is 1.53. The maximum Gasteiger partial charge on any atom is 0.332 e. The van der Waals surface area contributed by atoms with Crippen molar-refractivity contribution < 1.29 is 0 Å². The molecule has 1 aromatic carbocycles. The second-order valence-electron chi connectivity index (χ2n) is 6.82. The summed E-state index contributed by atoms with van der Waals surface area (Å²) in [6, 6.07) is 7.66. The molecule has 0 saturated heterocycles. The van der Waals surface area contributed by atoms with Gasteiger partial charge in [0.2, 0.25) is 0 Å². The first-order valence-electron chi connectivity index (χ1n) is 9.21. The van der Waals surface area contributed by atoms with E-state index in [1.165, 1.54) is 4.57 Å². The molecule has 0 unspecified atom stereocenters. The Balaban J connectivity index is 1.93. The molecule has 0 aliphatic heterocycles. The van der Waals surface area contributed by atoms with Gasteiger partial charge in [-0.1, -0.05) is 24.1 Å². The minimum Gasteiger partial charge on any atom is -0.310 e. The molecule has 3 aromatic heterocycles. The van der Waals surface area contributed by atoms with E-state index in [9.17, 15) is 9.59 Å². The summed E-state index contributed by atoms with van der Waals surface area (Å²) in [5.74, 6) is 6.82. The fraction of sp³-hybridized carbons (Fsp3) is 0.286. The minimum absolute atomic E-state index is 0.0171. The number of para-hydroxylation sites is 1. The number of rotatable bonds is 3. The molecule has 0 aliphatic rings. The fourth-order valence-corrected chi connectivity index (χ4v) is 3.48. The van der Waals surface area contributed by atoms with E-state index in [1.54, 1.807) is 25.5 Å². The summed E-state index contributed by atoms with van der Waals surface area (Å²) in [5.41, 5.74) is 1.40. The maximum atomic E-state index is 13.2. The first-order valence-corrected chi connectivity index (χ1v) is 9.21. The highest BCUT2D eigenvalue weighted by Crippen LogP contribution is 2.15. The average molecular weight is 388 g/mol. The molecule has 29 heavy (non-hydrogen) atoms. The standard InChI is InChI=1S/C21H20N6O2/c1-5-6-11-26-14(3)23-19-18(26)20(28)27(21(29)25(19)4)12-17-22-13(2)15-9-7-8-10-16(15)24-17/h7-10H,11-12H2,1-4H3. The van der Waals surface area contributed by atoms with Crippen molar-refractivity contribution in [3.8, 4) is 11.8 Å². The van der Waals surface area contributed by atoms with Gasteiger partial charge >= 0.3 is 5.69 Å². The summed E-state index contributed by atoms with van der Waals surface area (Å²) < 4.78 is 4.27. The van der Waals surface area contributed by atoms with Crippen LogP contribution in [0.1, 0.15) is 24.3 Å². The van der Waals surface area contributed by atoms with E-state index in [1.807, 2.05) is 31.2 Å². The number of hydrogen-bond acceptors (Lipinski definition) is 5. The Bertz CT molecular complexity index is 1450. The van der Waals surface area contributed by atoms with E-state index >= 15 is 0 Å². The van der Waals surface area contributed by atoms with Crippen molar-refractivity contribution in [1.29, 1.82) is 0 Å². The molecule has 8 nitrogen and oxygen atoms in total. The second-order valence-corrected chi connectivity index (χ2v) is 6.82. The smallest absolute Gasteiger partial charge is 0.310 e. The minimum atomic E-state index is -0.455. The molecule has 4 rings (SSSR count). The summed E-state index contributed by atoms with van der Waals surface area (Å²) in [6.07, 6.45) is 0. The topological polar surface area (TPSA) is 87.6 Å². The molecule has 4 aromatic rings. The second kappa shape index (κ2) is 7.02.